The van der Waals surface area contributed by atoms with E-state index in [0.29, 0.717) is 12.0 Å². The lowest BCUT2D eigenvalue weighted by molar-refractivity contribution is 0.0272. The first-order chi connectivity index (χ1) is 11.5. The maximum Gasteiger partial charge on any atom is 0.0620 e. The minimum Gasteiger partial charge on any atom is -0.383 e. The minimum absolute atomic E-state index is 0.581. The third-order valence-electron chi connectivity index (χ3n) is 6.22. The van der Waals surface area contributed by atoms with Gasteiger partial charge in [0.2, 0.25) is 0 Å². The number of likely N-dealkylation sites (tertiary alicyclic amines) is 1. The van der Waals surface area contributed by atoms with Crippen LogP contribution in [0.25, 0.3) is 0 Å². The van der Waals surface area contributed by atoms with E-state index in [1.54, 1.807) is 0 Å². The van der Waals surface area contributed by atoms with Gasteiger partial charge in [-0.25, -0.2) is 0 Å². The summed E-state index contributed by atoms with van der Waals surface area (Å²) in [7, 11) is 1.83. The molecule has 4 heteroatoms. The molecule has 1 atom stereocenters. The second-order valence-electron chi connectivity index (χ2n) is 8.51. The number of piperazine rings is 1. The smallest absolute Gasteiger partial charge is 0.0620 e. The maximum absolute atomic E-state index is 5.44. The largest absolute Gasteiger partial charge is 0.383 e. The molecule has 0 N–H and O–H groups in total. The second kappa shape index (κ2) is 10.1. The van der Waals surface area contributed by atoms with Crippen LogP contribution in [0.3, 0.4) is 0 Å². The van der Waals surface area contributed by atoms with Crippen LogP contribution in [0, 0.1) is 11.8 Å². The summed E-state index contributed by atoms with van der Waals surface area (Å²) in [6.45, 7) is 19.0. The van der Waals surface area contributed by atoms with Gasteiger partial charge in [-0.1, -0.05) is 13.8 Å². The van der Waals surface area contributed by atoms with Crippen LogP contribution in [0.2, 0.25) is 0 Å². The van der Waals surface area contributed by atoms with Gasteiger partial charge < -0.3 is 14.5 Å². The van der Waals surface area contributed by atoms with E-state index in [0.717, 1.165) is 18.6 Å². The van der Waals surface area contributed by atoms with Crippen molar-refractivity contribution in [3.63, 3.8) is 0 Å². The summed E-state index contributed by atoms with van der Waals surface area (Å²) < 4.78 is 5.44. The van der Waals surface area contributed by atoms with E-state index in [4.69, 9.17) is 4.74 Å². The Bertz CT molecular complexity index is 332. The molecule has 24 heavy (non-hydrogen) atoms. The van der Waals surface area contributed by atoms with Crippen LogP contribution >= 0.6 is 0 Å². The second-order valence-corrected chi connectivity index (χ2v) is 8.51. The molecular weight excluding hydrogens is 298 g/mol. The summed E-state index contributed by atoms with van der Waals surface area (Å²) in [5.74, 6) is 1.62. The SMILES string of the molecule is COCC(C(C)C)N1CCN(CCC2CCN(C(C)C)CC2)CC1. The Morgan fingerprint density at radius 1 is 0.875 bits per heavy atom. The zero-order valence-electron chi connectivity index (χ0n) is 16.8. The molecule has 0 spiro atoms. The van der Waals surface area contributed by atoms with E-state index in [1.807, 2.05) is 7.11 Å². The lowest BCUT2D eigenvalue weighted by Gasteiger charge is -2.41. The molecule has 0 saturated carbocycles. The van der Waals surface area contributed by atoms with E-state index in [2.05, 4.69) is 42.4 Å². The molecule has 0 aromatic carbocycles. The summed E-state index contributed by atoms with van der Waals surface area (Å²) in [6, 6.07) is 1.30. The van der Waals surface area contributed by atoms with E-state index in [-0.39, 0.29) is 0 Å². The highest BCUT2D eigenvalue weighted by Gasteiger charge is 2.27. The summed E-state index contributed by atoms with van der Waals surface area (Å²) in [5, 5.41) is 0. The fourth-order valence-corrected chi connectivity index (χ4v) is 4.33. The first-order valence-corrected chi connectivity index (χ1v) is 10.2. The van der Waals surface area contributed by atoms with Crippen LogP contribution in [0.1, 0.15) is 47.0 Å². The molecule has 0 aliphatic carbocycles. The maximum atomic E-state index is 5.44. The average Bonchev–Trinajstić information content (AvgIpc) is 2.58. The summed E-state index contributed by atoms with van der Waals surface area (Å²) in [5.41, 5.74) is 0. The summed E-state index contributed by atoms with van der Waals surface area (Å²) in [4.78, 5) is 7.97. The number of nitrogens with zero attached hydrogens (tertiary/aromatic N) is 3. The van der Waals surface area contributed by atoms with E-state index in [9.17, 15) is 0 Å². The number of hydrogen-bond acceptors (Lipinski definition) is 4. The Morgan fingerprint density at radius 2 is 1.50 bits per heavy atom. The van der Waals surface area contributed by atoms with Crippen molar-refractivity contribution in [1.29, 1.82) is 0 Å². The molecule has 0 amide bonds. The molecule has 142 valence electrons. The molecule has 0 radical (unpaired) electrons. The average molecular weight is 340 g/mol. The number of hydrogen-bond donors (Lipinski definition) is 0. The van der Waals surface area contributed by atoms with Crippen LogP contribution in [-0.2, 0) is 4.74 Å². The first-order valence-electron chi connectivity index (χ1n) is 10.2. The highest BCUT2D eigenvalue weighted by atomic mass is 16.5. The number of ether oxygens (including phenoxy) is 1. The Hall–Kier alpha value is -0.160. The summed E-state index contributed by atoms with van der Waals surface area (Å²) in [6.07, 6.45) is 4.21. The zero-order chi connectivity index (χ0) is 17.5. The van der Waals surface area contributed by atoms with Gasteiger partial charge in [-0.15, -0.1) is 0 Å². The third-order valence-corrected chi connectivity index (χ3v) is 6.22. The molecule has 2 saturated heterocycles. The van der Waals surface area contributed by atoms with Crippen molar-refractivity contribution >= 4 is 0 Å². The molecule has 2 heterocycles. The fraction of sp³-hybridized carbons (Fsp3) is 1.00. The van der Waals surface area contributed by atoms with E-state index >= 15 is 0 Å². The van der Waals surface area contributed by atoms with Crippen molar-refractivity contribution in [2.45, 2.75) is 59.0 Å². The van der Waals surface area contributed by atoms with Gasteiger partial charge in [-0.2, -0.15) is 0 Å². The normalized spacial score (nSPS) is 24.1. The van der Waals surface area contributed by atoms with Crippen LogP contribution < -0.4 is 0 Å². The van der Waals surface area contributed by atoms with E-state index < -0.39 is 0 Å². The Kier molecular flexibility index (Phi) is 8.48. The van der Waals surface area contributed by atoms with Crippen molar-refractivity contribution in [3.8, 4) is 0 Å². The molecule has 2 aliphatic rings. The van der Waals surface area contributed by atoms with Gasteiger partial charge in [0.15, 0.2) is 0 Å². The van der Waals surface area contributed by atoms with Crippen molar-refractivity contribution in [2.75, 3.05) is 59.5 Å². The van der Waals surface area contributed by atoms with Gasteiger partial charge in [-0.05, 0) is 64.6 Å². The molecule has 0 aromatic heterocycles. The van der Waals surface area contributed by atoms with Crippen LogP contribution in [0.15, 0.2) is 0 Å². The molecule has 2 aliphatic heterocycles. The van der Waals surface area contributed by atoms with Gasteiger partial charge in [0, 0.05) is 45.4 Å². The highest BCUT2D eigenvalue weighted by Crippen LogP contribution is 2.22. The number of methoxy groups -OCH3 is 1. The van der Waals surface area contributed by atoms with Crippen molar-refractivity contribution in [1.82, 2.24) is 14.7 Å². The van der Waals surface area contributed by atoms with Crippen molar-refractivity contribution in [2.24, 2.45) is 11.8 Å². The number of piperidine rings is 1. The molecule has 4 nitrogen and oxygen atoms in total. The number of rotatable bonds is 8. The molecule has 1 unspecified atom stereocenters. The first kappa shape index (κ1) is 20.2. The van der Waals surface area contributed by atoms with Crippen LogP contribution in [0.4, 0.5) is 0 Å². The predicted molar refractivity (Wildman–Crippen MR) is 103 cm³/mol. The molecule has 2 rings (SSSR count). The van der Waals surface area contributed by atoms with Gasteiger partial charge in [0.25, 0.3) is 0 Å². The lowest BCUT2D eigenvalue weighted by Crippen LogP contribution is -2.53. The summed E-state index contributed by atoms with van der Waals surface area (Å²) >= 11 is 0. The molecule has 0 bridgehead atoms. The minimum atomic E-state index is 0.581. The third kappa shape index (κ3) is 5.98. The van der Waals surface area contributed by atoms with Crippen molar-refractivity contribution in [3.05, 3.63) is 0 Å². The molecule has 0 aromatic rings. The van der Waals surface area contributed by atoms with Gasteiger partial charge in [-0.3, -0.25) is 4.90 Å². The monoisotopic (exact) mass is 339 g/mol. The Morgan fingerprint density at radius 3 is 2.00 bits per heavy atom. The Labute approximate surface area is 150 Å². The highest BCUT2D eigenvalue weighted by molar-refractivity contribution is 4.81. The quantitative estimate of drug-likeness (QED) is 0.677. The molecular formula is C20H41N3O. The van der Waals surface area contributed by atoms with Gasteiger partial charge >= 0.3 is 0 Å². The van der Waals surface area contributed by atoms with Crippen molar-refractivity contribution < 1.29 is 4.74 Å². The standard InChI is InChI=1S/C20H41N3O/c1-17(2)20(16-24-5)23-14-12-21(13-15-23)9-6-19-7-10-22(11-8-19)18(3)4/h17-20H,6-16H2,1-5H3. The van der Waals surface area contributed by atoms with Gasteiger partial charge in [0.1, 0.15) is 0 Å². The zero-order valence-corrected chi connectivity index (χ0v) is 16.8. The van der Waals surface area contributed by atoms with E-state index in [1.165, 1.54) is 65.1 Å². The Balaban J connectivity index is 1.65. The fourth-order valence-electron chi connectivity index (χ4n) is 4.33. The van der Waals surface area contributed by atoms with Crippen LogP contribution in [-0.4, -0.2) is 86.3 Å². The van der Waals surface area contributed by atoms with Gasteiger partial charge in [0.05, 0.1) is 6.61 Å². The van der Waals surface area contributed by atoms with Crippen LogP contribution in [0.5, 0.6) is 0 Å². The predicted octanol–water partition coefficient (Wildman–Crippen LogP) is 2.79. The topological polar surface area (TPSA) is 19.0 Å². The lowest BCUT2D eigenvalue weighted by atomic mass is 9.92. The molecule has 2 fully saturated rings.